The van der Waals surface area contributed by atoms with Gasteiger partial charge in [-0.3, -0.25) is 0 Å². The van der Waals surface area contributed by atoms with Crippen LogP contribution >= 0.6 is 0 Å². The van der Waals surface area contributed by atoms with Crippen LogP contribution in [0.3, 0.4) is 0 Å². The van der Waals surface area contributed by atoms with E-state index in [1.807, 2.05) is 0 Å². The molecule has 1 aliphatic heterocycles. The first kappa shape index (κ1) is 4.87. The summed E-state index contributed by atoms with van der Waals surface area (Å²) in [4.78, 5) is 3.56. The molecular weight excluding hydrogens is 104 g/mol. The molecule has 4 nitrogen and oxygen atoms in total. The van der Waals surface area contributed by atoms with Crippen molar-refractivity contribution in [2.75, 3.05) is 7.05 Å². The van der Waals surface area contributed by atoms with Crippen molar-refractivity contribution in [1.82, 2.24) is 5.01 Å². The van der Waals surface area contributed by atoms with Gasteiger partial charge in [0.25, 0.3) is 0 Å². The minimum Gasteiger partial charge on any atom is -0.383 e. The standard InChI is InChI=1S/C4H6N4/c1-8-4(5)2-6-3-7-8/h2H,5H2,1H3. The third-order valence-corrected chi connectivity index (χ3v) is 0.823. The van der Waals surface area contributed by atoms with Crippen molar-refractivity contribution in [3.63, 3.8) is 0 Å². The molecule has 0 aromatic heterocycles. The van der Waals surface area contributed by atoms with E-state index in [4.69, 9.17) is 5.73 Å². The molecule has 0 bridgehead atoms. The number of rotatable bonds is 0. The van der Waals surface area contributed by atoms with Crippen molar-refractivity contribution < 1.29 is 0 Å². The summed E-state index contributed by atoms with van der Waals surface area (Å²) in [7, 11) is 1.73. The summed E-state index contributed by atoms with van der Waals surface area (Å²) in [5.41, 5.74) is 5.34. The lowest BCUT2D eigenvalue weighted by Gasteiger charge is -2.09. The molecule has 0 aromatic rings. The fourth-order valence-corrected chi connectivity index (χ4v) is 0.329. The summed E-state index contributed by atoms with van der Waals surface area (Å²) in [6.45, 7) is 0. The third-order valence-electron chi connectivity index (χ3n) is 0.823. The monoisotopic (exact) mass is 110 g/mol. The molecule has 0 fully saturated rings. The molecule has 0 atom stereocenters. The average Bonchev–Trinajstić information content (AvgIpc) is 1.77. The van der Waals surface area contributed by atoms with Gasteiger partial charge in [-0.05, 0) is 0 Å². The molecule has 0 saturated heterocycles. The number of aliphatic imine (C=N–C) groups is 1. The number of hydrogen-bond donors (Lipinski definition) is 1. The highest BCUT2D eigenvalue weighted by Crippen LogP contribution is 1.95. The van der Waals surface area contributed by atoms with Gasteiger partial charge in [0.15, 0.2) is 0 Å². The van der Waals surface area contributed by atoms with Gasteiger partial charge in [-0.1, -0.05) is 0 Å². The molecule has 42 valence electrons. The third kappa shape index (κ3) is 0.691. The molecule has 0 saturated carbocycles. The zero-order valence-electron chi connectivity index (χ0n) is 4.50. The summed E-state index contributed by atoms with van der Waals surface area (Å²) in [5.74, 6) is 0.531. The summed E-state index contributed by atoms with van der Waals surface area (Å²) in [6, 6.07) is 2.38. The lowest BCUT2D eigenvalue weighted by atomic mass is 10.7. The first-order valence-electron chi connectivity index (χ1n) is 2.15. The van der Waals surface area contributed by atoms with E-state index in [0.717, 1.165) is 0 Å². The van der Waals surface area contributed by atoms with Crippen molar-refractivity contribution in [2.24, 2.45) is 15.8 Å². The summed E-state index contributed by atoms with van der Waals surface area (Å²) >= 11 is 0. The predicted octanol–water partition coefficient (Wildman–Crippen LogP) is -0.222. The maximum atomic E-state index is 5.34. The zero-order valence-corrected chi connectivity index (χ0v) is 4.50. The molecule has 0 radical (unpaired) electrons. The van der Waals surface area contributed by atoms with Crippen LogP contribution in [0.2, 0.25) is 0 Å². The fraction of sp³-hybridized carbons (Fsp3) is 0.250. The van der Waals surface area contributed by atoms with Gasteiger partial charge in [-0.25, -0.2) is 5.01 Å². The van der Waals surface area contributed by atoms with E-state index in [9.17, 15) is 0 Å². The topological polar surface area (TPSA) is 54.0 Å². The SMILES string of the molecule is CN1N=C=NC=C1N. The second kappa shape index (κ2) is 1.68. The normalized spacial score (nSPS) is 16.6. The Hall–Kier alpha value is -1.28. The molecule has 0 aromatic carbocycles. The molecule has 0 spiro atoms. The molecule has 0 unspecified atom stereocenters. The van der Waals surface area contributed by atoms with Gasteiger partial charge in [-0.15, -0.1) is 5.10 Å². The van der Waals surface area contributed by atoms with Crippen molar-refractivity contribution in [2.45, 2.75) is 0 Å². The van der Waals surface area contributed by atoms with E-state index in [0.29, 0.717) is 5.82 Å². The van der Waals surface area contributed by atoms with Gasteiger partial charge in [0.2, 0.25) is 0 Å². The highest BCUT2D eigenvalue weighted by molar-refractivity contribution is 5.43. The van der Waals surface area contributed by atoms with Crippen LogP contribution in [0.1, 0.15) is 0 Å². The molecule has 4 heteroatoms. The van der Waals surface area contributed by atoms with Crippen LogP contribution in [0.15, 0.2) is 22.1 Å². The molecule has 1 rings (SSSR count). The minimum absolute atomic E-state index is 0.531. The van der Waals surface area contributed by atoms with E-state index < -0.39 is 0 Å². The van der Waals surface area contributed by atoms with Crippen molar-refractivity contribution in [3.05, 3.63) is 12.0 Å². The Morgan fingerprint density at radius 1 is 1.88 bits per heavy atom. The summed E-state index contributed by atoms with van der Waals surface area (Å²) in [5, 5.41) is 5.13. The van der Waals surface area contributed by atoms with Crippen LogP contribution in [0.4, 0.5) is 0 Å². The van der Waals surface area contributed by atoms with Crippen LogP contribution in [0, 0.1) is 0 Å². The van der Waals surface area contributed by atoms with Crippen molar-refractivity contribution in [3.8, 4) is 0 Å². The number of nitrogens with two attached hydrogens (primary N) is 1. The smallest absolute Gasteiger partial charge is 0.139 e. The Morgan fingerprint density at radius 2 is 2.62 bits per heavy atom. The second-order valence-electron chi connectivity index (χ2n) is 1.41. The Kier molecular flexibility index (Phi) is 1.02. The second-order valence-corrected chi connectivity index (χ2v) is 1.41. The van der Waals surface area contributed by atoms with E-state index in [1.165, 1.54) is 11.2 Å². The maximum absolute atomic E-state index is 5.34. The molecule has 2 N–H and O–H groups in total. The van der Waals surface area contributed by atoms with Crippen LogP contribution in [-0.4, -0.2) is 18.1 Å². The molecule has 1 heterocycles. The van der Waals surface area contributed by atoms with Crippen LogP contribution in [0.5, 0.6) is 0 Å². The van der Waals surface area contributed by atoms with Gasteiger partial charge < -0.3 is 5.73 Å². The Morgan fingerprint density at radius 3 is 3.00 bits per heavy atom. The van der Waals surface area contributed by atoms with Gasteiger partial charge in [0.05, 0.1) is 6.20 Å². The maximum Gasteiger partial charge on any atom is 0.139 e. The molecular formula is C4H6N4. The zero-order chi connectivity index (χ0) is 5.98. The first-order chi connectivity index (χ1) is 3.80. The van der Waals surface area contributed by atoms with Crippen molar-refractivity contribution in [1.29, 1.82) is 0 Å². The van der Waals surface area contributed by atoms with E-state index >= 15 is 0 Å². The Balaban J connectivity index is 2.86. The lowest BCUT2D eigenvalue weighted by Crippen LogP contribution is -2.18. The van der Waals surface area contributed by atoms with Crippen LogP contribution < -0.4 is 5.73 Å². The summed E-state index contributed by atoms with van der Waals surface area (Å²) in [6.07, 6.45) is 1.49. The molecule has 0 amide bonds. The van der Waals surface area contributed by atoms with E-state index in [1.54, 1.807) is 7.05 Å². The van der Waals surface area contributed by atoms with Gasteiger partial charge >= 0.3 is 0 Å². The minimum atomic E-state index is 0.531. The van der Waals surface area contributed by atoms with E-state index in [2.05, 4.69) is 16.1 Å². The van der Waals surface area contributed by atoms with Gasteiger partial charge in [0.1, 0.15) is 11.8 Å². The van der Waals surface area contributed by atoms with Gasteiger partial charge in [-0.2, -0.15) is 4.99 Å². The van der Waals surface area contributed by atoms with Crippen molar-refractivity contribution >= 4 is 6.01 Å². The molecule has 8 heavy (non-hydrogen) atoms. The predicted molar refractivity (Wildman–Crippen MR) is 29.9 cm³/mol. The van der Waals surface area contributed by atoms with Gasteiger partial charge in [0, 0.05) is 7.05 Å². The number of hydrogen-bond acceptors (Lipinski definition) is 4. The first-order valence-corrected chi connectivity index (χ1v) is 2.15. The fourth-order valence-electron chi connectivity index (χ4n) is 0.329. The molecule has 1 aliphatic rings. The molecule has 0 aliphatic carbocycles. The average molecular weight is 110 g/mol. The largest absolute Gasteiger partial charge is 0.383 e. The van der Waals surface area contributed by atoms with Crippen LogP contribution in [0.25, 0.3) is 0 Å². The number of hydrazone groups is 1. The quantitative estimate of drug-likeness (QED) is 0.468. The Bertz CT molecular complexity index is 174. The Labute approximate surface area is 47.0 Å². The highest BCUT2D eigenvalue weighted by atomic mass is 15.5. The van der Waals surface area contributed by atoms with Crippen LogP contribution in [-0.2, 0) is 0 Å². The number of nitrogens with zero attached hydrogens (tertiary/aromatic N) is 3. The highest BCUT2D eigenvalue weighted by Gasteiger charge is 1.95. The summed E-state index contributed by atoms with van der Waals surface area (Å²) < 4.78 is 0. The van der Waals surface area contributed by atoms with E-state index in [-0.39, 0.29) is 0 Å². The lowest BCUT2D eigenvalue weighted by molar-refractivity contribution is 0.438.